The molecule has 382 valence electrons. The summed E-state index contributed by atoms with van der Waals surface area (Å²) in [5, 5.41) is 6.73. The van der Waals surface area contributed by atoms with Gasteiger partial charge in [-0.25, -0.2) is 23.0 Å². The van der Waals surface area contributed by atoms with Crippen LogP contribution in [-0.4, -0.2) is 119 Å². The molecule has 1 unspecified atom stereocenters. The van der Waals surface area contributed by atoms with Gasteiger partial charge in [0.2, 0.25) is 27.7 Å². The Balaban J connectivity index is 1.05. The lowest BCUT2D eigenvalue weighted by Gasteiger charge is -2.42. The molecule has 2 saturated heterocycles. The summed E-state index contributed by atoms with van der Waals surface area (Å²) >= 11 is 0. The van der Waals surface area contributed by atoms with E-state index in [2.05, 4.69) is 21.9 Å². The molecule has 2 aromatic rings. The number of likely N-dealkylation sites (tertiary alicyclic amines) is 1. The zero-order valence-corrected chi connectivity index (χ0v) is 42.3. The van der Waals surface area contributed by atoms with Gasteiger partial charge in [0.05, 0.1) is 22.4 Å². The number of hydrogen-bond donors (Lipinski definition) is 3. The molecule has 9 rings (SSSR count). The van der Waals surface area contributed by atoms with Crippen molar-refractivity contribution in [3.05, 3.63) is 42.5 Å². The molecule has 18 heteroatoms. The number of nitrogens with zero attached hydrogens (tertiary/aromatic N) is 3. The average Bonchev–Trinajstić information content (AvgIpc) is 4.27. The van der Waals surface area contributed by atoms with Crippen LogP contribution in [0.4, 0.5) is 9.59 Å². The van der Waals surface area contributed by atoms with Crippen molar-refractivity contribution >= 4 is 50.8 Å². The topological polar surface area (TPSA) is 212 Å². The third-order valence-electron chi connectivity index (χ3n) is 16.1. The van der Waals surface area contributed by atoms with Crippen LogP contribution in [0.5, 0.6) is 11.6 Å². The second-order valence-corrected chi connectivity index (χ2v) is 24.9. The summed E-state index contributed by atoms with van der Waals surface area (Å²) in [5.74, 6) is -1.30. The van der Waals surface area contributed by atoms with Gasteiger partial charge in [0, 0.05) is 43.7 Å². The summed E-state index contributed by atoms with van der Waals surface area (Å²) in [7, 11) is -4.04. The minimum Gasteiger partial charge on any atom is -0.489 e. The predicted octanol–water partition coefficient (Wildman–Crippen LogP) is 6.99. The van der Waals surface area contributed by atoms with E-state index in [-0.39, 0.29) is 43.6 Å². The molecule has 3 aliphatic heterocycles. The summed E-state index contributed by atoms with van der Waals surface area (Å²) in [5.41, 5.74) is -1.45. The Labute approximate surface area is 411 Å². The van der Waals surface area contributed by atoms with E-state index in [4.69, 9.17) is 23.9 Å². The van der Waals surface area contributed by atoms with E-state index in [0.29, 0.717) is 75.2 Å². The fourth-order valence-corrected chi connectivity index (χ4v) is 12.5. The lowest BCUT2D eigenvalue weighted by molar-refractivity contribution is -0.143. The number of amides is 5. The zero-order chi connectivity index (χ0) is 49.8. The van der Waals surface area contributed by atoms with Crippen LogP contribution in [-0.2, 0) is 40.3 Å². The molecule has 6 fully saturated rings. The van der Waals surface area contributed by atoms with Crippen molar-refractivity contribution in [1.29, 1.82) is 0 Å². The van der Waals surface area contributed by atoms with Crippen LogP contribution in [0.3, 0.4) is 0 Å². The van der Waals surface area contributed by atoms with Gasteiger partial charge in [-0.2, -0.15) is 0 Å². The third-order valence-corrected chi connectivity index (χ3v) is 18.3. The molecular weight excluding hydrogens is 917 g/mol. The molecule has 70 heavy (non-hydrogen) atoms. The molecule has 17 nitrogen and oxygen atoms in total. The number of piperidine rings is 1. The van der Waals surface area contributed by atoms with E-state index in [1.807, 2.05) is 52.0 Å². The monoisotopic (exact) mass is 988 g/mol. The summed E-state index contributed by atoms with van der Waals surface area (Å²) in [6.45, 7) is 13.9. The number of fused-ring (bicyclic) bond motifs is 5. The Morgan fingerprint density at radius 3 is 2.34 bits per heavy atom. The van der Waals surface area contributed by atoms with Crippen LogP contribution >= 0.6 is 0 Å². The van der Waals surface area contributed by atoms with Gasteiger partial charge in [0.1, 0.15) is 47.3 Å². The standard InChI is InChI=1S/C52H72N6O11S/c1-7-33-30-52(33,46(61)56-70(64,65)51(6)24-25-51)55-43(59)39-29-35-31-58(39)45(60)42(50(5)22-14-9-15-23-50)54-47(62)68-40-28-32(40)16-10-8-11-18-37-41(36-17-12-13-19-38(36)53-44(37)67-35)66-34-20-26-57(27-21-34)48(63)69-49(2,3)4/h7,12-13,17,19,32-35,39-40,42H,1,8-11,14-16,18,20-31H2,2-6H3,(H,54,62)(H,55,59)(H,56,61)/t32?,33-,35-,39+,40-,42-,52-/m1/s1. The van der Waals surface area contributed by atoms with E-state index in [1.54, 1.807) is 11.8 Å². The quantitative estimate of drug-likeness (QED) is 0.217. The number of pyridine rings is 1. The molecule has 4 heterocycles. The summed E-state index contributed by atoms with van der Waals surface area (Å²) < 4.78 is 53.4. The number of aromatic nitrogens is 1. The molecule has 1 aromatic heterocycles. The Morgan fingerprint density at radius 1 is 0.943 bits per heavy atom. The zero-order valence-electron chi connectivity index (χ0n) is 41.5. The molecule has 5 amide bonds. The molecule has 3 N–H and O–H groups in total. The predicted molar refractivity (Wildman–Crippen MR) is 260 cm³/mol. The second-order valence-electron chi connectivity index (χ2n) is 22.7. The van der Waals surface area contributed by atoms with Crippen LogP contribution in [0, 0.1) is 17.3 Å². The molecule has 7 aliphatic rings. The van der Waals surface area contributed by atoms with Crippen molar-refractivity contribution in [1.82, 2.24) is 30.1 Å². The maximum absolute atomic E-state index is 15.4. The number of ether oxygens (including phenoxy) is 4. The van der Waals surface area contributed by atoms with Crippen molar-refractivity contribution in [2.45, 2.75) is 190 Å². The van der Waals surface area contributed by atoms with Gasteiger partial charge in [-0.1, -0.05) is 57.2 Å². The van der Waals surface area contributed by atoms with E-state index in [1.165, 1.54) is 11.0 Å². The molecule has 1 aromatic carbocycles. The Morgan fingerprint density at radius 2 is 1.66 bits per heavy atom. The van der Waals surface area contributed by atoms with Crippen LogP contribution in [0.15, 0.2) is 36.9 Å². The molecule has 0 spiro atoms. The molecule has 0 radical (unpaired) electrons. The number of rotatable bonds is 9. The number of alkyl carbamates (subject to hydrolysis) is 1. The summed E-state index contributed by atoms with van der Waals surface area (Å²) in [6.07, 6.45) is 10.3. The maximum Gasteiger partial charge on any atom is 0.410 e. The van der Waals surface area contributed by atoms with Crippen LogP contribution in [0.1, 0.15) is 143 Å². The highest BCUT2D eigenvalue weighted by Gasteiger charge is 2.63. The number of sulfonamides is 1. The first-order chi connectivity index (χ1) is 33.2. The van der Waals surface area contributed by atoms with Gasteiger partial charge >= 0.3 is 12.2 Å². The fourth-order valence-electron chi connectivity index (χ4n) is 11.1. The van der Waals surface area contributed by atoms with Crippen molar-refractivity contribution in [3.8, 4) is 11.6 Å². The third kappa shape index (κ3) is 10.4. The number of nitrogens with one attached hydrogen (secondary N) is 3. The average molecular weight is 989 g/mol. The maximum atomic E-state index is 15.4. The Kier molecular flexibility index (Phi) is 13.6. The van der Waals surface area contributed by atoms with Gasteiger partial charge in [0.25, 0.3) is 5.91 Å². The minimum absolute atomic E-state index is 0.00922. The smallest absolute Gasteiger partial charge is 0.410 e. The Hall–Kier alpha value is -5.13. The number of carbonyl (C=O) groups excluding carboxylic acids is 5. The van der Waals surface area contributed by atoms with E-state index >= 15 is 4.79 Å². The number of benzene rings is 1. The normalized spacial score (nSPS) is 30.1. The largest absolute Gasteiger partial charge is 0.489 e. The summed E-state index contributed by atoms with van der Waals surface area (Å²) in [4.78, 5) is 79.4. The van der Waals surface area contributed by atoms with E-state index < -0.39 is 79.2 Å². The first-order valence-electron chi connectivity index (χ1n) is 25.7. The van der Waals surface area contributed by atoms with Gasteiger partial charge in [-0.05, 0) is 109 Å². The SMILES string of the molecule is C=C[C@@H]1C[C@]1(NC(=O)[C@@H]1C[C@@H]2CN1C(=O)[C@H](C1(C)CCCCC1)NC(=O)O[C@@H]1CC1CCCCCc1c(nc3ccccc3c1OC1CCN(C(=O)OC(C)(C)C)CC1)O2)C(=O)NS(=O)(=O)C1(C)CC1. The first kappa shape index (κ1) is 49.8. The van der Waals surface area contributed by atoms with Crippen LogP contribution < -0.4 is 24.8 Å². The highest BCUT2D eigenvalue weighted by atomic mass is 32.2. The first-order valence-corrected chi connectivity index (χ1v) is 27.2. The van der Waals surface area contributed by atoms with Crippen molar-refractivity contribution in [3.63, 3.8) is 0 Å². The summed E-state index contributed by atoms with van der Waals surface area (Å²) in [6, 6.07) is 5.51. The number of hydrogen-bond acceptors (Lipinski definition) is 12. The molecule has 7 atom stereocenters. The van der Waals surface area contributed by atoms with Gasteiger partial charge < -0.3 is 39.4 Å². The van der Waals surface area contributed by atoms with E-state index in [9.17, 15) is 27.6 Å². The minimum atomic E-state index is -4.04. The fraction of sp³-hybridized carbons (Fsp3) is 0.692. The van der Waals surface area contributed by atoms with Gasteiger partial charge in [-0.3, -0.25) is 19.1 Å². The highest BCUT2D eigenvalue weighted by molar-refractivity contribution is 7.91. The second kappa shape index (κ2) is 19.1. The molecule has 2 bridgehead atoms. The van der Waals surface area contributed by atoms with Crippen molar-refractivity contribution in [2.75, 3.05) is 19.6 Å². The lowest BCUT2D eigenvalue weighted by atomic mass is 9.70. The number of carbonyl (C=O) groups is 5. The van der Waals surface area contributed by atoms with E-state index in [0.717, 1.165) is 62.3 Å². The molecule has 4 saturated carbocycles. The highest BCUT2D eigenvalue weighted by Crippen LogP contribution is 2.48. The van der Waals surface area contributed by atoms with Gasteiger partial charge in [-0.15, -0.1) is 6.58 Å². The molecular formula is C52H72N6O11S. The Bertz CT molecular complexity index is 2490. The van der Waals surface area contributed by atoms with Crippen molar-refractivity contribution < 1.29 is 51.3 Å². The van der Waals surface area contributed by atoms with Crippen LogP contribution in [0.25, 0.3) is 10.9 Å². The lowest BCUT2D eigenvalue weighted by Crippen LogP contribution is -2.61. The number of para-hydroxylation sites is 1. The van der Waals surface area contributed by atoms with Crippen LogP contribution in [0.2, 0.25) is 0 Å². The van der Waals surface area contributed by atoms with Crippen molar-refractivity contribution in [2.24, 2.45) is 17.3 Å². The molecule has 4 aliphatic carbocycles. The van der Waals surface area contributed by atoms with Gasteiger partial charge in [0.15, 0.2) is 0 Å².